The smallest absolute Gasteiger partial charge is 0.00956 e. The summed E-state index contributed by atoms with van der Waals surface area (Å²) in [6.45, 7) is 8.59. The van der Waals surface area contributed by atoms with Crippen LogP contribution in [0.25, 0.3) is 28.3 Å². The fraction of sp³-hybridized carbons (Fsp3) is 0.130. The first-order valence-electron chi connectivity index (χ1n) is 16.3. The van der Waals surface area contributed by atoms with Crippen LogP contribution in [0.3, 0.4) is 0 Å². The second kappa shape index (κ2) is 12.7. The van der Waals surface area contributed by atoms with Gasteiger partial charge in [0.15, 0.2) is 0 Å². The van der Waals surface area contributed by atoms with Crippen LogP contribution >= 0.6 is 0 Å². The number of aryl methyl sites for hydroxylation is 4. The summed E-state index contributed by atoms with van der Waals surface area (Å²) in [5, 5.41) is 0. The summed E-state index contributed by atoms with van der Waals surface area (Å²) in [4.78, 5) is 0. The number of rotatable bonds is 7. The van der Waals surface area contributed by atoms with Crippen LogP contribution in [0.2, 0.25) is 0 Å². The highest BCUT2D eigenvalue weighted by Crippen LogP contribution is 2.52. The van der Waals surface area contributed by atoms with Gasteiger partial charge in [0.1, 0.15) is 0 Å². The molecule has 0 N–H and O–H groups in total. The summed E-state index contributed by atoms with van der Waals surface area (Å²) < 4.78 is 0. The van der Waals surface area contributed by atoms with Gasteiger partial charge in [-0.15, -0.1) is 0 Å². The summed E-state index contributed by atoms with van der Waals surface area (Å²) in [5.74, 6) is 0.473. The van der Waals surface area contributed by atoms with Crippen molar-refractivity contribution in [1.29, 1.82) is 0 Å². The van der Waals surface area contributed by atoms with Crippen LogP contribution in [0, 0.1) is 27.7 Å². The van der Waals surface area contributed by atoms with E-state index >= 15 is 0 Å². The first-order chi connectivity index (χ1) is 22.4. The molecule has 1 fully saturated rings. The molecule has 7 rings (SSSR count). The van der Waals surface area contributed by atoms with E-state index in [0.717, 1.165) is 6.42 Å². The predicted octanol–water partition coefficient (Wildman–Crippen LogP) is 12.2. The molecule has 0 heteroatoms. The summed E-state index contributed by atoms with van der Waals surface area (Å²) in [7, 11) is 0. The SMILES string of the molecule is Cc1ccc(C(=Cc2ccc(-c3ccc(C4CC4=C(c4ccc(C)cc4)c4ccc(C)cc4)cc3)cc2)c2ccc(C)cc2)cc1. The van der Waals surface area contributed by atoms with Crippen molar-refractivity contribution in [3.63, 3.8) is 0 Å². The van der Waals surface area contributed by atoms with Gasteiger partial charge in [-0.05, 0) is 95.8 Å². The van der Waals surface area contributed by atoms with Gasteiger partial charge in [-0.1, -0.05) is 173 Å². The summed E-state index contributed by atoms with van der Waals surface area (Å²) in [5.41, 5.74) is 19.5. The Labute approximate surface area is 274 Å². The minimum atomic E-state index is 0.473. The quantitative estimate of drug-likeness (QED) is 0.162. The van der Waals surface area contributed by atoms with Crippen molar-refractivity contribution in [2.75, 3.05) is 0 Å². The van der Waals surface area contributed by atoms with E-state index in [4.69, 9.17) is 0 Å². The minimum absolute atomic E-state index is 0.473. The lowest BCUT2D eigenvalue weighted by atomic mass is 9.93. The molecule has 0 heterocycles. The predicted molar refractivity (Wildman–Crippen MR) is 197 cm³/mol. The molecule has 6 aromatic carbocycles. The molecule has 1 aliphatic rings. The second-order valence-corrected chi connectivity index (χ2v) is 12.9. The van der Waals surface area contributed by atoms with E-state index in [1.54, 1.807) is 0 Å². The Kier molecular flexibility index (Phi) is 8.12. The Bertz CT molecular complexity index is 1920. The molecule has 0 aliphatic heterocycles. The number of benzene rings is 6. The molecule has 0 saturated heterocycles. The molecule has 0 bridgehead atoms. The standard InChI is InChI=1S/C46H40/c1-31-5-15-38(16-6-31)43(39-17-7-32(2)8-18-39)29-35-13-23-36(24-14-35)37-25-27-40(28-26-37)44-30-45(44)46(41-19-9-33(3)10-20-41)42-21-11-34(4)12-22-42/h5-29,44H,30H2,1-4H3. The third-order valence-electron chi connectivity index (χ3n) is 9.28. The first kappa shape index (κ1) is 29.5. The van der Waals surface area contributed by atoms with Crippen molar-refractivity contribution in [1.82, 2.24) is 0 Å². The van der Waals surface area contributed by atoms with Crippen LogP contribution in [0.15, 0.2) is 151 Å². The van der Waals surface area contributed by atoms with E-state index in [2.05, 4.69) is 179 Å². The summed E-state index contributed by atoms with van der Waals surface area (Å²) >= 11 is 0. The molecule has 1 aliphatic carbocycles. The van der Waals surface area contributed by atoms with Crippen LogP contribution in [0.1, 0.15) is 68.0 Å². The molecule has 46 heavy (non-hydrogen) atoms. The van der Waals surface area contributed by atoms with E-state index < -0.39 is 0 Å². The molecular weight excluding hydrogens is 553 g/mol. The van der Waals surface area contributed by atoms with Gasteiger partial charge in [0.25, 0.3) is 0 Å². The van der Waals surface area contributed by atoms with Gasteiger partial charge in [0, 0.05) is 5.92 Å². The van der Waals surface area contributed by atoms with E-state index in [0.29, 0.717) is 5.92 Å². The summed E-state index contributed by atoms with van der Waals surface area (Å²) in [6.07, 6.45) is 3.42. The largest absolute Gasteiger partial charge is 0.0587 e. The van der Waals surface area contributed by atoms with Gasteiger partial charge in [-0.2, -0.15) is 0 Å². The molecule has 224 valence electrons. The molecule has 0 amide bonds. The number of allylic oxidation sites excluding steroid dienone is 1. The van der Waals surface area contributed by atoms with E-state index in [1.165, 1.54) is 83.5 Å². The fourth-order valence-electron chi connectivity index (χ4n) is 6.38. The Morgan fingerprint density at radius 2 is 0.804 bits per heavy atom. The van der Waals surface area contributed by atoms with Crippen LogP contribution in [0.5, 0.6) is 0 Å². The fourth-order valence-corrected chi connectivity index (χ4v) is 6.38. The van der Waals surface area contributed by atoms with Gasteiger partial charge in [0.05, 0.1) is 0 Å². The van der Waals surface area contributed by atoms with Gasteiger partial charge >= 0.3 is 0 Å². The molecule has 1 atom stereocenters. The third kappa shape index (κ3) is 6.44. The lowest BCUT2D eigenvalue weighted by molar-refractivity contribution is 1.16. The highest BCUT2D eigenvalue weighted by molar-refractivity contribution is 5.92. The van der Waals surface area contributed by atoms with E-state index in [1.807, 2.05) is 0 Å². The van der Waals surface area contributed by atoms with Gasteiger partial charge < -0.3 is 0 Å². The average Bonchev–Trinajstić information content (AvgIpc) is 3.87. The monoisotopic (exact) mass is 592 g/mol. The molecule has 0 radical (unpaired) electrons. The molecule has 1 saturated carbocycles. The molecule has 0 nitrogen and oxygen atoms in total. The van der Waals surface area contributed by atoms with Crippen molar-refractivity contribution in [3.8, 4) is 11.1 Å². The zero-order valence-corrected chi connectivity index (χ0v) is 27.2. The normalized spacial score (nSPS) is 13.7. The van der Waals surface area contributed by atoms with Crippen molar-refractivity contribution in [3.05, 3.63) is 207 Å². The molecular formula is C46H40. The third-order valence-corrected chi connectivity index (χ3v) is 9.28. The van der Waals surface area contributed by atoms with E-state index in [9.17, 15) is 0 Å². The maximum Gasteiger partial charge on any atom is 0.00956 e. The Morgan fingerprint density at radius 1 is 0.435 bits per heavy atom. The van der Waals surface area contributed by atoms with Gasteiger partial charge in [-0.3, -0.25) is 0 Å². The second-order valence-electron chi connectivity index (χ2n) is 12.9. The van der Waals surface area contributed by atoms with Crippen LogP contribution < -0.4 is 0 Å². The van der Waals surface area contributed by atoms with Gasteiger partial charge in [-0.25, -0.2) is 0 Å². The zero-order valence-electron chi connectivity index (χ0n) is 27.2. The highest BCUT2D eigenvalue weighted by atomic mass is 14.4. The topological polar surface area (TPSA) is 0 Å². The van der Waals surface area contributed by atoms with Crippen LogP contribution in [-0.4, -0.2) is 0 Å². The Morgan fingerprint density at radius 3 is 1.22 bits per heavy atom. The van der Waals surface area contributed by atoms with Crippen molar-refractivity contribution >= 4 is 17.2 Å². The Hall–Kier alpha value is -5.20. The average molecular weight is 593 g/mol. The lowest BCUT2D eigenvalue weighted by Gasteiger charge is -2.11. The Balaban J connectivity index is 1.14. The maximum atomic E-state index is 2.33. The van der Waals surface area contributed by atoms with Crippen molar-refractivity contribution in [2.24, 2.45) is 0 Å². The minimum Gasteiger partial charge on any atom is -0.0587 e. The summed E-state index contributed by atoms with van der Waals surface area (Å²) in [6, 6.07) is 53.9. The van der Waals surface area contributed by atoms with Crippen LogP contribution in [0.4, 0.5) is 0 Å². The number of hydrogen-bond donors (Lipinski definition) is 0. The molecule has 0 spiro atoms. The van der Waals surface area contributed by atoms with Crippen molar-refractivity contribution in [2.45, 2.75) is 40.0 Å². The molecule has 1 unspecified atom stereocenters. The highest BCUT2D eigenvalue weighted by Gasteiger charge is 2.35. The molecule has 0 aromatic heterocycles. The van der Waals surface area contributed by atoms with Crippen molar-refractivity contribution < 1.29 is 0 Å². The zero-order chi connectivity index (χ0) is 31.6. The maximum absolute atomic E-state index is 2.33. The van der Waals surface area contributed by atoms with Crippen LogP contribution in [-0.2, 0) is 0 Å². The first-order valence-corrected chi connectivity index (χ1v) is 16.3. The van der Waals surface area contributed by atoms with E-state index in [-0.39, 0.29) is 0 Å². The molecule has 6 aromatic rings. The lowest BCUT2D eigenvalue weighted by Crippen LogP contribution is -1.90. The number of hydrogen-bond acceptors (Lipinski definition) is 0. The van der Waals surface area contributed by atoms with Gasteiger partial charge in [0.2, 0.25) is 0 Å².